The van der Waals surface area contributed by atoms with Gasteiger partial charge < -0.3 is 9.84 Å². The highest BCUT2D eigenvalue weighted by molar-refractivity contribution is 5.92. The van der Waals surface area contributed by atoms with Crippen molar-refractivity contribution >= 4 is 5.97 Å². The molecule has 0 atom stereocenters. The third-order valence-corrected chi connectivity index (χ3v) is 2.05. The summed E-state index contributed by atoms with van der Waals surface area (Å²) in [6.45, 7) is 3.59. The number of carbonyl (C=O) groups excluding carboxylic acids is 1. The van der Waals surface area contributed by atoms with Crippen molar-refractivity contribution in [2.45, 2.75) is 13.8 Å². The van der Waals surface area contributed by atoms with Gasteiger partial charge in [0.15, 0.2) is 0 Å². The van der Waals surface area contributed by atoms with Gasteiger partial charge in [-0.1, -0.05) is 0 Å². The van der Waals surface area contributed by atoms with E-state index in [0.717, 1.165) is 0 Å². The Labute approximate surface area is 87.7 Å². The Morgan fingerprint density at radius 1 is 1.60 bits per heavy atom. The lowest BCUT2D eigenvalue weighted by atomic mass is 10.0. The van der Waals surface area contributed by atoms with Crippen LogP contribution in [0.1, 0.15) is 28.4 Å². The number of phenols is 1. The average Bonchev–Trinajstić information content (AvgIpc) is 2.18. The van der Waals surface area contributed by atoms with Crippen molar-refractivity contribution in [3.63, 3.8) is 0 Å². The third-order valence-electron chi connectivity index (χ3n) is 2.05. The number of ether oxygens (including phenoxy) is 1. The number of esters is 1. The molecule has 0 aliphatic rings. The van der Waals surface area contributed by atoms with Gasteiger partial charge in [0.25, 0.3) is 0 Å². The zero-order valence-corrected chi connectivity index (χ0v) is 8.57. The Bertz CT molecular complexity index is 432. The van der Waals surface area contributed by atoms with E-state index < -0.39 is 5.97 Å². The van der Waals surface area contributed by atoms with Crippen LogP contribution in [0.5, 0.6) is 5.75 Å². The van der Waals surface area contributed by atoms with E-state index in [4.69, 9.17) is 10.00 Å². The number of aromatic hydroxyl groups is 1. The first-order valence-corrected chi connectivity index (χ1v) is 4.51. The molecule has 0 aromatic heterocycles. The van der Waals surface area contributed by atoms with Crippen LogP contribution in [0, 0.1) is 18.3 Å². The maximum atomic E-state index is 11.4. The van der Waals surface area contributed by atoms with Crippen LogP contribution < -0.4 is 0 Å². The van der Waals surface area contributed by atoms with Crippen molar-refractivity contribution < 1.29 is 14.6 Å². The summed E-state index contributed by atoms with van der Waals surface area (Å²) in [5.41, 5.74) is 0.864. The van der Waals surface area contributed by atoms with Gasteiger partial charge in [0, 0.05) is 0 Å². The average molecular weight is 205 g/mol. The number of nitrogens with zero attached hydrogens (tertiary/aromatic N) is 1. The second kappa shape index (κ2) is 4.47. The molecule has 78 valence electrons. The Morgan fingerprint density at radius 2 is 2.27 bits per heavy atom. The van der Waals surface area contributed by atoms with Crippen molar-refractivity contribution in [1.29, 1.82) is 5.26 Å². The Hall–Kier alpha value is -2.02. The summed E-state index contributed by atoms with van der Waals surface area (Å²) in [4.78, 5) is 11.4. The minimum atomic E-state index is -0.480. The quantitative estimate of drug-likeness (QED) is 0.746. The second-order valence-electron chi connectivity index (χ2n) is 2.96. The van der Waals surface area contributed by atoms with Crippen molar-refractivity contribution in [1.82, 2.24) is 0 Å². The van der Waals surface area contributed by atoms with Gasteiger partial charge in [0.1, 0.15) is 11.8 Å². The molecule has 0 saturated carbocycles. The molecule has 0 aliphatic heterocycles. The maximum Gasteiger partial charge on any atom is 0.338 e. The van der Waals surface area contributed by atoms with E-state index >= 15 is 0 Å². The van der Waals surface area contributed by atoms with E-state index in [1.807, 2.05) is 6.07 Å². The summed E-state index contributed by atoms with van der Waals surface area (Å²) in [5, 5.41) is 18.1. The van der Waals surface area contributed by atoms with E-state index in [0.29, 0.717) is 11.1 Å². The normalized spacial score (nSPS) is 9.40. The Morgan fingerprint density at radius 3 is 2.80 bits per heavy atom. The van der Waals surface area contributed by atoms with Crippen molar-refractivity contribution in [3.05, 3.63) is 28.8 Å². The van der Waals surface area contributed by atoms with Gasteiger partial charge in [-0.2, -0.15) is 5.26 Å². The Balaban J connectivity index is 3.23. The first-order valence-electron chi connectivity index (χ1n) is 4.51. The fourth-order valence-corrected chi connectivity index (χ4v) is 1.27. The summed E-state index contributed by atoms with van der Waals surface area (Å²) in [6.07, 6.45) is 0. The van der Waals surface area contributed by atoms with E-state index in [1.54, 1.807) is 13.8 Å². The van der Waals surface area contributed by atoms with Gasteiger partial charge in [0.05, 0.1) is 17.7 Å². The molecule has 0 aliphatic carbocycles. The van der Waals surface area contributed by atoms with Gasteiger partial charge in [-0.25, -0.2) is 4.79 Å². The fourth-order valence-electron chi connectivity index (χ4n) is 1.27. The van der Waals surface area contributed by atoms with Crippen LogP contribution in [0.2, 0.25) is 0 Å². The van der Waals surface area contributed by atoms with Crippen LogP contribution in [-0.2, 0) is 4.74 Å². The summed E-state index contributed by atoms with van der Waals surface area (Å²) in [7, 11) is 0. The molecule has 1 rings (SSSR count). The zero-order chi connectivity index (χ0) is 11.4. The van der Waals surface area contributed by atoms with Gasteiger partial charge >= 0.3 is 5.97 Å². The monoisotopic (exact) mass is 205 g/mol. The summed E-state index contributed by atoms with van der Waals surface area (Å²) in [5.74, 6) is -0.602. The van der Waals surface area contributed by atoms with Gasteiger partial charge in [0.2, 0.25) is 0 Å². The molecule has 1 N–H and O–H groups in total. The van der Waals surface area contributed by atoms with Gasteiger partial charge in [-0.05, 0) is 31.5 Å². The van der Waals surface area contributed by atoms with E-state index in [-0.39, 0.29) is 17.9 Å². The molecule has 4 heteroatoms. The molecule has 4 nitrogen and oxygen atoms in total. The highest BCUT2D eigenvalue weighted by Gasteiger charge is 2.15. The van der Waals surface area contributed by atoms with Crippen LogP contribution in [0.4, 0.5) is 0 Å². The molecule has 1 aromatic rings. The number of carbonyl (C=O) groups is 1. The van der Waals surface area contributed by atoms with Crippen molar-refractivity contribution in [3.8, 4) is 11.8 Å². The van der Waals surface area contributed by atoms with Crippen LogP contribution in [0.3, 0.4) is 0 Å². The number of nitriles is 1. The van der Waals surface area contributed by atoms with Crippen molar-refractivity contribution in [2.75, 3.05) is 6.61 Å². The molecule has 0 fully saturated rings. The standard InChI is InChI=1S/C11H11NO3/c1-3-15-11(14)8-4-5-10(13)9(6-12)7(8)2/h4-5,13H,3H2,1-2H3. The molecule has 0 radical (unpaired) electrons. The Kier molecular flexibility index (Phi) is 3.29. The lowest BCUT2D eigenvalue weighted by molar-refractivity contribution is 0.0525. The molecule has 0 saturated heterocycles. The first kappa shape index (κ1) is 11.1. The van der Waals surface area contributed by atoms with Crippen LogP contribution in [0.25, 0.3) is 0 Å². The summed E-state index contributed by atoms with van der Waals surface area (Å²) in [6, 6.07) is 4.61. The minimum absolute atomic E-state index is 0.112. The largest absolute Gasteiger partial charge is 0.507 e. The minimum Gasteiger partial charge on any atom is -0.507 e. The zero-order valence-electron chi connectivity index (χ0n) is 8.57. The topological polar surface area (TPSA) is 70.3 Å². The van der Waals surface area contributed by atoms with Gasteiger partial charge in [-0.3, -0.25) is 0 Å². The predicted octanol–water partition coefficient (Wildman–Crippen LogP) is 1.75. The number of benzene rings is 1. The smallest absolute Gasteiger partial charge is 0.338 e. The molecule has 0 unspecified atom stereocenters. The number of hydrogen-bond acceptors (Lipinski definition) is 4. The fraction of sp³-hybridized carbons (Fsp3) is 0.273. The molecular weight excluding hydrogens is 194 g/mol. The molecule has 0 heterocycles. The molecule has 0 amide bonds. The lowest BCUT2D eigenvalue weighted by Gasteiger charge is -2.07. The predicted molar refractivity (Wildman–Crippen MR) is 53.5 cm³/mol. The summed E-state index contributed by atoms with van der Waals surface area (Å²) < 4.78 is 4.82. The highest BCUT2D eigenvalue weighted by Crippen LogP contribution is 2.23. The summed E-state index contributed by atoms with van der Waals surface area (Å²) >= 11 is 0. The number of hydrogen-bond donors (Lipinski definition) is 1. The number of rotatable bonds is 2. The molecule has 15 heavy (non-hydrogen) atoms. The first-order chi connectivity index (χ1) is 7.11. The second-order valence-corrected chi connectivity index (χ2v) is 2.96. The van der Waals surface area contributed by atoms with E-state index in [1.165, 1.54) is 12.1 Å². The van der Waals surface area contributed by atoms with Crippen molar-refractivity contribution in [2.24, 2.45) is 0 Å². The van der Waals surface area contributed by atoms with Crippen LogP contribution in [0.15, 0.2) is 12.1 Å². The molecular formula is C11H11NO3. The van der Waals surface area contributed by atoms with E-state index in [2.05, 4.69) is 0 Å². The lowest BCUT2D eigenvalue weighted by Crippen LogP contribution is -2.07. The molecule has 1 aromatic carbocycles. The number of phenolic OH excluding ortho intramolecular Hbond substituents is 1. The molecule has 0 spiro atoms. The van der Waals surface area contributed by atoms with Gasteiger partial charge in [-0.15, -0.1) is 0 Å². The highest BCUT2D eigenvalue weighted by atomic mass is 16.5. The van der Waals surface area contributed by atoms with Crippen LogP contribution >= 0.6 is 0 Å². The maximum absolute atomic E-state index is 11.4. The van der Waals surface area contributed by atoms with Crippen LogP contribution in [-0.4, -0.2) is 17.7 Å². The molecule has 0 bridgehead atoms. The SMILES string of the molecule is CCOC(=O)c1ccc(O)c(C#N)c1C. The van der Waals surface area contributed by atoms with E-state index in [9.17, 15) is 9.90 Å². The third kappa shape index (κ3) is 2.08.